The molecule has 2 fully saturated rings. The fraction of sp³-hybridized carbons (Fsp3) is 0.500. The fourth-order valence-corrected chi connectivity index (χ4v) is 6.76. The molecule has 8 rings (SSSR count). The number of nitrogens with zero attached hydrogens (tertiary/aromatic N) is 6. The van der Waals surface area contributed by atoms with Gasteiger partial charge in [-0.25, -0.2) is 9.18 Å². The molecule has 44 heavy (non-hydrogen) atoms. The van der Waals surface area contributed by atoms with Gasteiger partial charge >= 0.3 is 12.2 Å². The number of likely N-dealkylation sites (tertiary alicyclic amines) is 1. The van der Waals surface area contributed by atoms with E-state index in [2.05, 4.69) is 39.0 Å². The van der Waals surface area contributed by atoms with Gasteiger partial charge in [0, 0.05) is 41.3 Å². The largest absolute Gasteiger partial charge is 0.508 e. The van der Waals surface area contributed by atoms with E-state index in [1.54, 1.807) is 18.5 Å². The zero-order chi connectivity index (χ0) is 30.4. The molecule has 0 aliphatic carbocycles. The Morgan fingerprint density at radius 2 is 2.09 bits per heavy atom. The molecule has 1 N–H and O–H groups in total. The minimum Gasteiger partial charge on any atom is -0.462 e. The normalized spacial score (nSPS) is 23.1. The van der Waals surface area contributed by atoms with Gasteiger partial charge in [0.1, 0.15) is 29.7 Å². The molecule has 0 saturated carbocycles. The Balaban J connectivity index is 1.40. The van der Waals surface area contributed by atoms with Gasteiger partial charge in [-0.3, -0.25) is 15.0 Å². The lowest BCUT2D eigenvalue weighted by molar-refractivity contribution is -0.00448. The van der Waals surface area contributed by atoms with Crippen LogP contribution in [0.25, 0.3) is 33.1 Å². The summed E-state index contributed by atoms with van der Waals surface area (Å²) in [6, 6.07) is 1.99. The van der Waals surface area contributed by atoms with Gasteiger partial charge in [-0.05, 0) is 43.9 Å². The van der Waals surface area contributed by atoms with Crippen LogP contribution in [0.5, 0.6) is 6.01 Å². The van der Waals surface area contributed by atoms with Gasteiger partial charge in [0.05, 0.1) is 43.5 Å². The van der Waals surface area contributed by atoms with Gasteiger partial charge in [0.15, 0.2) is 5.82 Å². The second-order valence-corrected chi connectivity index (χ2v) is 12.2. The Morgan fingerprint density at radius 3 is 2.93 bits per heavy atom. The first-order chi connectivity index (χ1) is 21.4. The number of carbonyl (C=O) groups excluding carboxylic acids is 1. The van der Waals surface area contributed by atoms with Crippen LogP contribution < -0.4 is 9.64 Å². The summed E-state index contributed by atoms with van der Waals surface area (Å²) >= 11 is 6.74. The number of hydrogen-bond donors (Lipinski definition) is 1. The van der Waals surface area contributed by atoms with E-state index in [1.807, 2.05) is 4.90 Å². The van der Waals surface area contributed by atoms with E-state index in [1.165, 1.54) is 0 Å². The monoisotopic (exact) mass is 625 g/mol. The summed E-state index contributed by atoms with van der Waals surface area (Å²) in [4.78, 5) is 30.8. The zero-order valence-electron chi connectivity index (χ0n) is 24.5. The molecule has 7 heterocycles. The number of H-pyrrole nitrogens is 1. The van der Waals surface area contributed by atoms with Crippen molar-refractivity contribution < 1.29 is 28.1 Å². The lowest BCUT2D eigenvalue weighted by Gasteiger charge is -2.26. The van der Waals surface area contributed by atoms with Gasteiger partial charge in [-0.1, -0.05) is 18.5 Å². The van der Waals surface area contributed by atoms with Crippen LogP contribution >= 0.6 is 11.6 Å². The minimum absolute atomic E-state index is 0.0550. The molecule has 0 amide bonds. The maximum absolute atomic E-state index is 16.9. The maximum Gasteiger partial charge on any atom is 0.508 e. The third-order valence-corrected chi connectivity index (χ3v) is 8.91. The van der Waals surface area contributed by atoms with Crippen molar-refractivity contribution in [3.05, 3.63) is 34.9 Å². The van der Waals surface area contributed by atoms with Crippen molar-refractivity contribution in [2.75, 3.05) is 58.0 Å². The van der Waals surface area contributed by atoms with Gasteiger partial charge in [-0.15, -0.1) is 0 Å². The zero-order valence-corrected chi connectivity index (χ0v) is 25.3. The van der Waals surface area contributed by atoms with E-state index >= 15 is 4.39 Å². The van der Waals surface area contributed by atoms with Crippen LogP contribution in [0.4, 0.5) is 15.0 Å². The van der Waals surface area contributed by atoms with Gasteiger partial charge in [0.25, 0.3) is 0 Å². The SMILES string of the molecule is C[C@@H]1C[C@@H](COc2nc3c4cnc(c(F)c4n2)-c2c(c(Cl)cc4[nH]ncc24)CCCOC(=O)O[C@@H]2COCCN3C2)N(C)C1. The van der Waals surface area contributed by atoms with Crippen molar-refractivity contribution in [1.82, 2.24) is 30.0 Å². The summed E-state index contributed by atoms with van der Waals surface area (Å²) in [6.45, 7) is 4.83. The van der Waals surface area contributed by atoms with E-state index in [9.17, 15) is 4.79 Å². The van der Waals surface area contributed by atoms with Crippen LogP contribution in [0.15, 0.2) is 18.5 Å². The second kappa shape index (κ2) is 11.9. The molecule has 4 aliphatic rings. The number of carbonyl (C=O) groups is 1. The summed E-state index contributed by atoms with van der Waals surface area (Å²) in [5.41, 5.74) is 1.96. The number of aromatic amines is 1. The Labute approximate surface area is 257 Å². The highest BCUT2D eigenvalue weighted by atomic mass is 35.5. The van der Waals surface area contributed by atoms with Crippen LogP contribution in [0.3, 0.4) is 0 Å². The topological polar surface area (TPSA) is 128 Å². The molecular weight excluding hydrogens is 593 g/mol. The van der Waals surface area contributed by atoms with Gasteiger partial charge in [-0.2, -0.15) is 15.1 Å². The number of benzene rings is 1. The van der Waals surface area contributed by atoms with E-state index in [4.69, 9.17) is 35.5 Å². The molecule has 0 radical (unpaired) electrons. The van der Waals surface area contributed by atoms with Crippen LogP contribution in [-0.4, -0.2) is 101 Å². The Bertz CT molecular complexity index is 1720. The molecule has 6 bridgehead atoms. The van der Waals surface area contributed by atoms with Crippen LogP contribution in [0, 0.1) is 11.7 Å². The third-order valence-electron chi connectivity index (χ3n) is 8.57. The van der Waals surface area contributed by atoms with Crippen molar-refractivity contribution in [3.63, 3.8) is 0 Å². The molecule has 1 aromatic carbocycles. The van der Waals surface area contributed by atoms with E-state index in [0.717, 1.165) is 13.0 Å². The van der Waals surface area contributed by atoms with Crippen molar-refractivity contribution in [2.24, 2.45) is 5.92 Å². The summed E-state index contributed by atoms with van der Waals surface area (Å²) in [5, 5.41) is 8.56. The van der Waals surface area contributed by atoms with Crippen LogP contribution in [0.2, 0.25) is 5.02 Å². The van der Waals surface area contributed by atoms with E-state index < -0.39 is 18.1 Å². The minimum atomic E-state index is -0.785. The van der Waals surface area contributed by atoms with Crippen LogP contribution in [-0.2, 0) is 20.6 Å². The standard InChI is InChI=1S/C30H33ClFN7O5/c1-16-8-17(38(2)12-16)14-43-29-35-26-21-10-33-27(25(26)32)24-19(22(31)9-23-20(24)11-34-37-23)4-3-6-42-30(40)44-18-13-39(28(21)36-29)5-7-41-15-18/h9-11,16-18H,3-8,12-15H2,1-2H3,(H,34,37)/t16-,17+,18+/m1/s1. The molecule has 12 nitrogen and oxygen atoms in total. The summed E-state index contributed by atoms with van der Waals surface area (Å²) in [5.74, 6) is 0.341. The molecule has 3 aromatic heterocycles. The molecule has 2 saturated heterocycles. The molecule has 14 heteroatoms. The Hall–Kier alpha value is -3.81. The van der Waals surface area contributed by atoms with E-state index in [0.29, 0.717) is 76.8 Å². The molecule has 232 valence electrons. The number of nitrogens with one attached hydrogen (secondary N) is 1. The van der Waals surface area contributed by atoms with Crippen molar-refractivity contribution >= 4 is 45.4 Å². The number of pyridine rings is 1. The van der Waals surface area contributed by atoms with E-state index in [-0.39, 0.29) is 43.0 Å². The van der Waals surface area contributed by atoms with Gasteiger partial charge < -0.3 is 23.8 Å². The first-order valence-electron chi connectivity index (χ1n) is 14.9. The average molecular weight is 626 g/mol. The summed E-state index contributed by atoms with van der Waals surface area (Å²) in [7, 11) is 2.07. The number of halogens is 2. The maximum atomic E-state index is 16.9. The summed E-state index contributed by atoms with van der Waals surface area (Å²) < 4.78 is 39.8. The molecule has 4 aromatic rings. The van der Waals surface area contributed by atoms with Crippen molar-refractivity contribution in [3.8, 4) is 17.3 Å². The first-order valence-corrected chi connectivity index (χ1v) is 15.2. The van der Waals surface area contributed by atoms with Crippen molar-refractivity contribution in [2.45, 2.75) is 38.3 Å². The number of aromatic nitrogens is 5. The highest BCUT2D eigenvalue weighted by Crippen LogP contribution is 2.40. The van der Waals surface area contributed by atoms with Crippen molar-refractivity contribution in [1.29, 1.82) is 0 Å². The average Bonchev–Trinajstić information content (AvgIpc) is 3.51. The second-order valence-electron chi connectivity index (χ2n) is 11.8. The molecule has 3 atom stereocenters. The molecule has 0 unspecified atom stereocenters. The fourth-order valence-electron chi connectivity index (χ4n) is 6.46. The third kappa shape index (κ3) is 5.48. The smallest absolute Gasteiger partial charge is 0.462 e. The number of anilines is 1. The highest BCUT2D eigenvalue weighted by molar-refractivity contribution is 6.33. The Kier molecular flexibility index (Phi) is 7.85. The first kappa shape index (κ1) is 28.9. The summed E-state index contributed by atoms with van der Waals surface area (Å²) in [6.07, 6.45) is 3.58. The highest BCUT2D eigenvalue weighted by Gasteiger charge is 2.30. The molecule has 4 aliphatic heterocycles. The number of likely N-dealkylation sites (N-methyl/N-ethyl adjacent to an activating group) is 1. The van der Waals surface area contributed by atoms with Crippen LogP contribution in [0.1, 0.15) is 25.3 Å². The quantitative estimate of drug-likeness (QED) is 0.326. The number of hydrogen-bond acceptors (Lipinski definition) is 11. The molecular formula is C30H33ClFN7O5. The molecule has 0 spiro atoms. The number of rotatable bonds is 3. The number of fused-ring (bicyclic) bond motifs is 7. The number of ether oxygens (including phenoxy) is 4. The lowest BCUT2D eigenvalue weighted by Crippen LogP contribution is -2.36. The predicted molar refractivity (Wildman–Crippen MR) is 161 cm³/mol. The van der Waals surface area contributed by atoms with Gasteiger partial charge in [0.2, 0.25) is 0 Å². The lowest BCUT2D eigenvalue weighted by atomic mass is 9.95. The Morgan fingerprint density at radius 1 is 1.20 bits per heavy atom. The predicted octanol–water partition coefficient (Wildman–Crippen LogP) is 4.38.